The van der Waals surface area contributed by atoms with E-state index in [1.165, 1.54) is 0 Å². The summed E-state index contributed by atoms with van der Waals surface area (Å²) in [5.74, 6) is 0. The van der Waals surface area contributed by atoms with E-state index in [9.17, 15) is 0 Å². The van der Waals surface area contributed by atoms with Crippen LogP contribution in [0.25, 0.3) is 0 Å². The lowest BCUT2D eigenvalue weighted by Crippen LogP contribution is -1.94. The monoisotopic (exact) mass is 238 g/mol. The van der Waals surface area contributed by atoms with Gasteiger partial charge in [0.05, 0.1) is 0 Å². The van der Waals surface area contributed by atoms with Gasteiger partial charge in [-0.15, -0.1) is 0 Å². The van der Waals surface area contributed by atoms with Crippen molar-refractivity contribution >= 4 is 23.2 Å². The normalized spacial score (nSPS) is 10.3. The zero-order chi connectivity index (χ0) is 10.7. The fraction of sp³-hybridized carbons (Fsp3) is 0.0909. The van der Waals surface area contributed by atoms with E-state index >= 15 is 0 Å². The van der Waals surface area contributed by atoms with Gasteiger partial charge in [0, 0.05) is 17.8 Å². The molecule has 0 saturated heterocycles. The SMILES string of the molecule is Clc1cccc(Cc2cccc(Cl)n2)n1. The predicted octanol–water partition coefficient (Wildman–Crippen LogP) is 3.37. The molecule has 2 aromatic rings. The first-order chi connectivity index (χ1) is 7.24. The van der Waals surface area contributed by atoms with E-state index in [-0.39, 0.29) is 0 Å². The molecule has 0 N–H and O–H groups in total. The zero-order valence-corrected chi connectivity index (χ0v) is 9.33. The van der Waals surface area contributed by atoms with Crippen LogP contribution in [0, 0.1) is 0 Å². The summed E-state index contributed by atoms with van der Waals surface area (Å²) in [7, 11) is 0. The molecule has 0 radical (unpaired) electrons. The van der Waals surface area contributed by atoms with E-state index in [1.807, 2.05) is 24.3 Å². The maximum absolute atomic E-state index is 5.78. The van der Waals surface area contributed by atoms with Crippen LogP contribution in [0.15, 0.2) is 36.4 Å². The van der Waals surface area contributed by atoms with Crippen molar-refractivity contribution < 1.29 is 0 Å². The molecule has 0 bridgehead atoms. The van der Waals surface area contributed by atoms with Gasteiger partial charge in [0.25, 0.3) is 0 Å². The van der Waals surface area contributed by atoms with Crippen molar-refractivity contribution in [3.63, 3.8) is 0 Å². The fourth-order valence-corrected chi connectivity index (χ4v) is 1.65. The molecule has 0 spiro atoms. The third kappa shape index (κ3) is 2.91. The molecule has 0 aliphatic carbocycles. The minimum absolute atomic E-state index is 0.495. The largest absolute Gasteiger partial charge is 0.241 e. The highest BCUT2D eigenvalue weighted by Gasteiger charge is 2.00. The van der Waals surface area contributed by atoms with E-state index < -0.39 is 0 Å². The first-order valence-electron chi connectivity index (χ1n) is 4.47. The Labute approximate surface area is 97.9 Å². The van der Waals surface area contributed by atoms with Crippen LogP contribution < -0.4 is 0 Å². The summed E-state index contributed by atoms with van der Waals surface area (Å²) >= 11 is 11.6. The van der Waals surface area contributed by atoms with Gasteiger partial charge in [0.1, 0.15) is 10.3 Å². The Hall–Kier alpha value is -1.12. The summed E-state index contributed by atoms with van der Waals surface area (Å²) in [6.45, 7) is 0. The Bertz CT molecular complexity index is 428. The Kier molecular flexibility index (Phi) is 3.19. The van der Waals surface area contributed by atoms with E-state index in [4.69, 9.17) is 23.2 Å². The molecular formula is C11H8Cl2N2. The van der Waals surface area contributed by atoms with Crippen LogP contribution in [0.4, 0.5) is 0 Å². The lowest BCUT2D eigenvalue weighted by atomic mass is 10.2. The smallest absolute Gasteiger partial charge is 0.129 e. The summed E-state index contributed by atoms with van der Waals surface area (Å²) < 4.78 is 0. The Balaban J connectivity index is 2.22. The van der Waals surface area contributed by atoms with Crippen LogP contribution in [0.5, 0.6) is 0 Å². The molecule has 0 aliphatic heterocycles. The maximum Gasteiger partial charge on any atom is 0.129 e. The average Bonchev–Trinajstić information content (AvgIpc) is 2.17. The zero-order valence-electron chi connectivity index (χ0n) is 7.82. The molecule has 15 heavy (non-hydrogen) atoms. The number of pyridine rings is 2. The molecule has 0 saturated carbocycles. The molecule has 0 aliphatic rings. The van der Waals surface area contributed by atoms with Crippen LogP contribution in [-0.4, -0.2) is 9.97 Å². The molecule has 4 heteroatoms. The second-order valence-electron chi connectivity index (χ2n) is 3.08. The first kappa shape index (κ1) is 10.4. The molecule has 0 amide bonds. The maximum atomic E-state index is 5.78. The van der Waals surface area contributed by atoms with Gasteiger partial charge < -0.3 is 0 Å². The fourth-order valence-electron chi connectivity index (χ4n) is 1.28. The average molecular weight is 239 g/mol. The minimum atomic E-state index is 0.495. The molecule has 2 heterocycles. The van der Waals surface area contributed by atoms with Gasteiger partial charge in [-0.2, -0.15) is 0 Å². The molecule has 0 unspecified atom stereocenters. The number of rotatable bonds is 2. The Morgan fingerprint density at radius 2 is 1.27 bits per heavy atom. The van der Waals surface area contributed by atoms with Crippen molar-refractivity contribution in [3.05, 3.63) is 58.1 Å². The second kappa shape index (κ2) is 4.60. The van der Waals surface area contributed by atoms with E-state index in [1.54, 1.807) is 12.1 Å². The molecule has 2 nitrogen and oxygen atoms in total. The Morgan fingerprint density at radius 1 is 0.800 bits per heavy atom. The van der Waals surface area contributed by atoms with E-state index in [2.05, 4.69) is 9.97 Å². The number of nitrogens with zero attached hydrogens (tertiary/aromatic N) is 2. The van der Waals surface area contributed by atoms with Gasteiger partial charge >= 0.3 is 0 Å². The van der Waals surface area contributed by atoms with Gasteiger partial charge in [-0.05, 0) is 24.3 Å². The molecule has 76 valence electrons. The quantitative estimate of drug-likeness (QED) is 0.751. The number of aromatic nitrogens is 2. The highest BCUT2D eigenvalue weighted by molar-refractivity contribution is 6.29. The van der Waals surface area contributed by atoms with Gasteiger partial charge in [0.2, 0.25) is 0 Å². The van der Waals surface area contributed by atoms with Crippen LogP contribution in [0.1, 0.15) is 11.4 Å². The van der Waals surface area contributed by atoms with Gasteiger partial charge in [-0.1, -0.05) is 35.3 Å². The third-order valence-electron chi connectivity index (χ3n) is 1.91. The number of hydrogen-bond donors (Lipinski definition) is 0. The second-order valence-corrected chi connectivity index (χ2v) is 3.85. The van der Waals surface area contributed by atoms with Crippen molar-refractivity contribution in [2.45, 2.75) is 6.42 Å². The van der Waals surface area contributed by atoms with E-state index in [0.717, 1.165) is 11.4 Å². The van der Waals surface area contributed by atoms with E-state index in [0.29, 0.717) is 16.7 Å². The van der Waals surface area contributed by atoms with Crippen molar-refractivity contribution in [1.82, 2.24) is 9.97 Å². The van der Waals surface area contributed by atoms with Crippen LogP contribution >= 0.6 is 23.2 Å². The predicted molar refractivity (Wildman–Crippen MR) is 61.3 cm³/mol. The summed E-state index contributed by atoms with van der Waals surface area (Å²) in [5, 5.41) is 0.990. The van der Waals surface area contributed by atoms with Crippen molar-refractivity contribution in [3.8, 4) is 0 Å². The van der Waals surface area contributed by atoms with Gasteiger partial charge in [-0.3, -0.25) is 0 Å². The standard InChI is InChI=1S/C11H8Cl2N2/c12-10-5-1-3-8(14-10)7-9-4-2-6-11(13)15-9/h1-6H,7H2. The summed E-state index contributed by atoms with van der Waals surface area (Å²) in [6, 6.07) is 11.1. The van der Waals surface area contributed by atoms with Crippen LogP contribution in [0.3, 0.4) is 0 Å². The summed E-state index contributed by atoms with van der Waals surface area (Å²) in [5.41, 5.74) is 1.77. The molecule has 0 fully saturated rings. The van der Waals surface area contributed by atoms with Gasteiger partial charge in [0.15, 0.2) is 0 Å². The molecule has 0 atom stereocenters. The molecular weight excluding hydrogens is 231 g/mol. The van der Waals surface area contributed by atoms with Crippen molar-refractivity contribution in [1.29, 1.82) is 0 Å². The highest BCUT2D eigenvalue weighted by atomic mass is 35.5. The lowest BCUT2D eigenvalue weighted by molar-refractivity contribution is 1.01. The lowest BCUT2D eigenvalue weighted by Gasteiger charge is -2.00. The molecule has 0 aromatic carbocycles. The first-order valence-corrected chi connectivity index (χ1v) is 5.22. The van der Waals surface area contributed by atoms with Crippen molar-refractivity contribution in [2.75, 3.05) is 0 Å². The van der Waals surface area contributed by atoms with Crippen molar-refractivity contribution in [2.24, 2.45) is 0 Å². The van der Waals surface area contributed by atoms with Crippen LogP contribution in [-0.2, 0) is 6.42 Å². The summed E-state index contributed by atoms with van der Waals surface area (Å²) in [4.78, 5) is 8.36. The summed E-state index contributed by atoms with van der Waals surface area (Å²) in [6.07, 6.45) is 0.640. The number of hydrogen-bond acceptors (Lipinski definition) is 2. The molecule has 2 rings (SSSR count). The topological polar surface area (TPSA) is 25.8 Å². The highest BCUT2D eigenvalue weighted by Crippen LogP contribution is 2.11. The number of halogens is 2. The van der Waals surface area contributed by atoms with Gasteiger partial charge in [-0.25, -0.2) is 9.97 Å². The Morgan fingerprint density at radius 3 is 1.67 bits per heavy atom. The minimum Gasteiger partial charge on any atom is -0.241 e. The van der Waals surface area contributed by atoms with Crippen LogP contribution in [0.2, 0.25) is 10.3 Å². The molecule has 2 aromatic heterocycles. The third-order valence-corrected chi connectivity index (χ3v) is 2.33.